The minimum Gasteiger partial charge on any atom is -0.272 e. The molecule has 160 valence electrons. The van der Waals surface area contributed by atoms with Crippen LogP contribution in [-0.2, 0) is 0 Å². The molecular weight excluding hydrogens is 408 g/mol. The maximum absolute atomic E-state index is 12.6. The van der Waals surface area contributed by atoms with Gasteiger partial charge in [0.05, 0.1) is 11.4 Å². The summed E-state index contributed by atoms with van der Waals surface area (Å²) in [6.45, 7) is 1.87. The number of hydrazone groups is 1. The Morgan fingerprint density at radius 2 is 1.42 bits per heavy atom. The molecule has 0 unspecified atom stereocenters. The molecule has 5 aromatic rings. The number of hydrogen-bond acceptors (Lipinski definition) is 3. The summed E-state index contributed by atoms with van der Waals surface area (Å²) >= 11 is 0. The van der Waals surface area contributed by atoms with Crippen LogP contribution in [0.15, 0.2) is 108 Å². The molecule has 0 aliphatic carbocycles. The second-order valence-corrected chi connectivity index (χ2v) is 7.81. The van der Waals surface area contributed by atoms with Crippen molar-refractivity contribution in [2.24, 2.45) is 5.10 Å². The van der Waals surface area contributed by atoms with Crippen LogP contribution in [-0.4, -0.2) is 21.8 Å². The van der Waals surface area contributed by atoms with Gasteiger partial charge in [-0.25, -0.2) is 5.43 Å². The lowest BCUT2D eigenvalue weighted by atomic mass is 10.0. The van der Waals surface area contributed by atoms with Gasteiger partial charge in [0.1, 0.15) is 5.69 Å². The third-order valence-corrected chi connectivity index (χ3v) is 5.60. The standard InChI is InChI=1S/C28H22N4O/c1-19(20-11-13-23(14-12-20)21-7-3-2-4-8-21)29-32-28(33)27-18-26(30-31-27)25-16-15-22-9-5-6-10-24(22)17-25/h2-18H,1H3,(H,30,31)(H,32,33)/b29-19+. The van der Waals surface area contributed by atoms with Crippen LogP contribution < -0.4 is 5.43 Å². The van der Waals surface area contributed by atoms with E-state index in [2.05, 4.69) is 69.3 Å². The molecule has 33 heavy (non-hydrogen) atoms. The number of nitrogens with zero attached hydrogens (tertiary/aromatic N) is 2. The number of aromatic nitrogens is 2. The molecule has 0 atom stereocenters. The van der Waals surface area contributed by atoms with E-state index in [1.54, 1.807) is 6.07 Å². The molecule has 0 bridgehead atoms. The number of aromatic amines is 1. The summed E-state index contributed by atoms with van der Waals surface area (Å²) in [7, 11) is 0. The molecular formula is C28H22N4O. The highest BCUT2D eigenvalue weighted by atomic mass is 16.2. The van der Waals surface area contributed by atoms with Gasteiger partial charge in [-0.15, -0.1) is 0 Å². The van der Waals surface area contributed by atoms with Crippen molar-refractivity contribution < 1.29 is 4.79 Å². The van der Waals surface area contributed by atoms with Crippen LogP contribution in [0.1, 0.15) is 23.0 Å². The zero-order chi connectivity index (χ0) is 22.6. The Morgan fingerprint density at radius 3 is 2.21 bits per heavy atom. The minimum absolute atomic E-state index is 0.338. The molecule has 4 aromatic carbocycles. The minimum atomic E-state index is -0.338. The Labute approximate surface area is 191 Å². The van der Waals surface area contributed by atoms with Gasteiger partial charge in [0.25, 0.3) is 5.91 Å². The van der Waals surface area contributed by atoms with Crippen molar-refractivity contribution in [1.29, 1.82) is 0 Å². The van der Waals surface area contributed by atoms with Crippen LogP contribution in [0.25, 0.3) is 33.2 Å². The van der Waals surface area contributed by atoms with E-state index in [1.807, 2.05) is 55.5 Å². The molecule has 5 rings (SSSR count). The number of carbonyl (C=O) groups excluding carboxylic acids is 1. The molecule has 2 N–H and O–H groups in total. The molecule has 0 aliphatic rings. The second-order valence-electron chi connectivity index (χ2n) is 7.81. The molecule has 0 saturated heterocycles. The summed E-state index contributed by atoms with van der Waals surface area (Å²) in [5.41, 5.74) is 8.58. The first kappa shape index (κ1) is 20.4. The van der Waals surface area contributed by atoms with Crippen LogP contribution in [0.3, 0.4) is 0 Å². The number of fused-ring (bicyclic) bond motifs is 1. The van der Waals surface area contributed by atoms with E-state index in [0.717, 1.165) is 38.7 Å². The summed E-state index contributed by atoms with van der Waals surface area (Å²) in [4.78, 5) is 12.6. The molecule has 0 radical (unpaired) electrons. The summed E-state index contributed by atoms with van der Waals surface area (Å²) in [5.74, 6) is -0.338. The van der Waals surface area contributed by atoms with Crippen molar-refractivity contribution >= 4 is 22.4 Å². The number of benzene rings is 4. The van der Waals surface area contributed by atoms with Gasteiger partial charge >= 0.3 is 0 Å². The van der Waals surface area contributed by atoms with Gasteiger partial charge in [0.15, 0.2) is 0 Å². The molecule has 0 aliphatic heterocycles. The summed E-state index contributed by atoms with van der Waals surface area (Å²) in [5, 5.41) is 13.7. The van der Waals surface area contributed by atoms with Gasteiger partial charge in [0.2, 0.25) is 0 Å². The van der Waals surface area contributed by atoms with Crippen molar-refractivity contribution in [3.8, 4) is 22.4 Å². The highest BCUT2D eigenvalue weighted by Crippen LogP contribution is 2.23. The molecule has 0 fully saturated rings. The van der Waals surface area contributed by atoms with E-state index in [-0.39, 0.29) is 5.91 Å². The van der Waals surface area contributed by atoms with Crippen molar-refractivity contribution in [2.45, 2.75) is 6.92 Å². The Balaban J connectivity index is 1.28. The largest absolute Gasteiger partial charge is 0.289 e. The summed E-state index contributed by atoms with van der Waals surface area (Å²) < 4.78 is 0. The maximum Gasteiger partial charge on any atom is 0.289 e. The van der Waals surface area contributed by atoms with Gasteiger partial charge in [-0.05, 0) is 46.5 Å². The van der Waals surface area contributed by atoms with E-state index >= 15 is 0 Å². The predicted octanol–water partition coefficient (Wildman–Crippen LogP) is 6.05. The summed E-state index contributed by atoms with van der Waals surface area (Å²) in [6, 6.07) is 34.3. The van der Waals surface area contributed by atoms with Crippen LogP contribution in [0.2, 0.25) is 0 Å². The normalized spacial score (nSPS) is 11.5. The lowest BCUT2D eigenvalue weighted by molar-refractivity contribution is 0.0950. The lowest BCUT2D eigenvalue weighted by Crippen LogP contribution is -2.19. The number of amides is 1. The Morgan fingerprint density at radius 1 is 0.758 bits per heavy atom. The van der Waals surface area contributed by atoms with Gasteiger partial charge in [-0.3, -0.25) is 9.89 Å². The highest BCUT2D eigenvalue weighted by molar-refractivity contribution is 6.01. The van der Waals surface area contributed by atoms with Crippen LogP contribution in [0, 0.1) is 0 Å². The summed E-state index contributed by atoms with van der Waals surface area (Å²) in [6.07, 6.45) is 0. The van der Waals surface area contributed by atoms with Crippen molar-refractivity contribution in [3.05, 3.63) is 114 Å². The first-order valence-corrected chi connectivity index (χ1v) is 10.7. The molecule has 1 amide bonds. The first-order chi connectivity index (χ1) is 16.2. The average molecular weight is 431 g/mol. The quantitative estimate of drug-likeness (QED) is 0.263. The highest BCUT2D eigenvalue weighted by Gasteiger charge is 2.11. The van der Waals surface area contributed by atoms with E-state index in [1.165, 1.54) is 0 Å². The van der Waals surface area contributed by atoms with Crippen molar-refractivity contribution in [1.82, 2.24) is 15.6 Å². The SMILES string of the molecule is C/C(=N\NC(=O)c1cc(-c2ccc3ccccc3c2)n[nH]1)c1ccc(-c2ccccc2)cc1. The second kappa shape index (κ2) is 8.93. The van der Waals surface area contributed by atoms with Crippen LogP contribution in [0.5, 0.6) is 0 Å². The zero-order valence-corrected chi connectivity index (χ0v) is 18.1. The molecule has 5 heteroatoms. The fourth-order valence-corrected chi connectivity index (χ4v) is 3.73. The zero-order valence-electron chi connectivity index (χ0n) is 18.1. The van der Waals surface area contributed by atoms with Gasteiger partial charge in [-0.1, -0.05) is 91.0 Å². The molecule has 0 saturated carbocycles. The van der Waals surface area contributed by atoms with E-state index in [4.69, 9.17) is 0 Å². The third kappa shape index (κ3) is 4.43. The Kier molecular flexibility index (Phi) is 5.52. The van der Waals surface area contributed by atoms with Crippen LogP contribution >= 0.6 is 0 Å². The van der Waals surface area contributed by atoms with Crippen molar-refractivity contribution in [3.63, 3.8) is 0 Å². The molecule has 5 nitrogen and oxygen atoms in total. The fraction of sp³-hybridized carbons (Fsp3) is 0.0357. The molecule has 0 spiro atoms. The molecule has 1 aromatic heterocycles. The topological polar surface area (TPSA) is 70.1 Å². The van der Waals surface area contributed by atoms with Gasteiger partial charge in [-0.2, -0.15) is 10.2 Å². The lowest BCUT2D eigenvalue weighted by Gasteiger charge is -2.05. The van der Waals surface area contributed by atoms with Crippen LogP contribution in [0.4, 0.5) is 0 Å². The fourth-order valence-electron chi connectivity index (χ4n) is 3.73. The van der Waals surface area contributed by atoms with E-state index in [0.29, 0.717) is 11.4 Å². The average Bonchev–Trinajstić information content (AvgIpc) is 3.38. The smallest absolute Gasteiger partial charge is 0.272 e. The predicted molar refractivity (Wildman–Crippen MR) is 133 cm³/mol. The van der Waals surface area contributed by atoms with E-state index < -0.39 is 0 Å². The molecule has 1 heterocycles. The van der Waals surface area contributed by atoms with E-state index in [9.17, 15) is 4.79 Å². The maximum atomic E-state index is 12.6. The number of carbonyl (C=O) groups is 1. The van der Waals surface area contributed by atoms with Gasteiger partial charge < -0.3 is 0 Å². The van der Waals surface area contributed by atoms with Gasteiger partial charge in [0, 0.05) is 5.56 Å². The first-order valence-electron chi connectivity index (χ1n) is 10.7. The number of H-pyrrole nitrogens is 1. The Hall–Kier alpha value is -4.51. The number of nitrogens with one attached hydrogen (secondary N) is 2. The monoisotopic (exact) mass is 430 g/mol. The number of rotatable bonds is 5. The van der Waals surface area contributed by atoms with Crippen molar-refractivity contribution in [2.75, 3.05) is 0 Å². The number of hydrogen-bond donors (Lipinski definition) is 2. The Bertz CT molecular complexity index is 1450. The third-order valence-electron chi connectivity index (χ3n) is 5.60.